The molecule has 1 aromatic rings. The smallest absolute Gasteiger partial charge is 0.194 e. The third-order valence-corrected chi connectivity index (χ3v) is 5.13. The molecule has 8 heteroatoms. The fraction of sp³-hybridized carbons (Fsp3) is 0.833. The molecule has 148 valence electrons. The molecule has 0 spiro atoms. The maximum absolute atomic E-state index is 5.49. The number of piperidine rings is 1. The Kier molecular flexibility index (Phi) is 9.10. The number of halogens is 1. The number of aryl methyl sites for hydroxylation is 1. The molecule has 2 aliphatic rings. The molecular formula is C18H33IN6O. The predicted molar refractivity (Wildman–Crippen MR) is 114 cm³/mol. The van der Waals surface area contributed by atoms with Gasteiger partial charge in [-0.2, -0.15) is 0 Å². The van der Waals surface area contributed by atoms with Gasteiger partial charge >= 0.3 is 0 Å². The summed E-state index contributed by atoms with van der Waals surface area (Å²) in [5.74, 6) is 3.41. The molecule has 3 rings (SSSR count). The maximum Gasteiger partial charge on any atom is 0.194 e. The van der Waals surface area contributed by atoms with Crippen LogP contribution in [0.5, 0.6) is 0 Å². The summed E-state index contributed by atoms with van der Waals surface area (Å²) in [6.45, 7) is 11.0. The molecule has 0 radical (unpaired) electrons. The minimum Gasteiger partial charge on any atom is -0.381 e. The Hall–Kier alpha value is -0.900. The fourth-order valence-corrected chi connectivity index (χ4v) is 3.62. The third kappa shape index (κ3) is 6.07. The molecular weight excluding hydrogens is 443 g/mol. The van der Waals surface area contributed by atoms with Gasteiger partial charge in [0, 0.05) is 51.7 Å². The zero-order chi connectivity index (χ0) is 17.5. The molecule has 2 saturated heterocycles. The Morgan fingerprint density at radius 3 is 3.04 bits per heavy atom. The number of guanidine groups is 1. The SMILES string of the molecule is CCc1nncn1CCNC(=NCC1CCOC1)N1CCCC(C)C1.I. The number of aromatic nitrogens is 3. The van der Waals surface area contributed by atoms with Gasteiger partial charge in [-0.05, 0) is 25.2 Å². The van der Waals surface area contributed by atoms with Gasteiger partial charge in [0.2, 0.25) is 0 Å². The molecule has 2 fully saturated rings. The van der Waals surface area contributed by atoms with Gasteiger partial charge in [0.1, 0.15) is 12.2 Å². The summed E-state index contributed by atoms with van der Waals surface area (Å²) in [4.78, 5) is 7.36. The molecule has 7 nitrogen and oxygen atoms in total. The average Bonchev–Trinajstić information content (AvgIpc) is 3.29. The number of hydrogen-bond donors (Lipinski definition) is 1. The van der Waals surface area contributed by atoms with Crippen molar-refractivity contribution < 1.29 is 4.74 Å². The molecule has 26 heavy (non-hydrogen) atoms. The van der Waals surface area contributed by atoms with Crippen molar-refractivity contribution in [1.82, 2.24) is 25.0 Å². The summed E-state index contributed by atoms with van der Waals surface area (Å²) in [5.41, 5.74) is 0. The Morgan fingerprint density at radius 2 is 2.31 bits per heavy atom. The van der Waals surface area contributed by atoms with Crippen LogP contribution in [0.1, 0.15) is 38.9 Å². The van der Waals surface area contributed by atoms with E-state index in [1.165, 1.54) is 12.8 Å². The van der Waals surface area contributed by atoms with Crippen molar-refractivity contribution >= 4 is 29.9 Å². The molecule has 0 saturated carbocycles. The summed E-state index contributed by atoms with van der Waals surface area (Å²) in [6, 6.07) is 0. The van der Waals surface area contributed by atoms with Crippen LogP contribution in [0.15, 0.2) is 11.3 Å². The first-order chi connectivity index (χ1) is 12.3. The fourth-order valence-electron chi connectivity index (χ4n) is 3.62. The largest absolute Gasteiger partial charge is 0.381 e. The molecule has 2 aliphatic heterocycles. The van der Waals surface area contributed by atoms with Gasteiger partial charge in [0.05, 0.1) is 6.61 Å². The topological polar surface area (TPSA) is 67.6 Å². The van der Waals surface area contributed by atoms with Gasteiger partial charge in [0.25, 0.3) is 0 Å². The second-order valence-corrected chi connectivity index (χ2v) is 7.31. The number of rotatable bonds is 6. The van der Waals surface area contributed by atoms with Crippen LogP contribution in [0.4, 0.5) is 0 Å². The van der Waals surface area contributed by atoms with Crippen molar-refractivity contribution in [3.05, 3.63) is 12.2 Å². The van der Waals surface area contributed by atoms with Gasteiger partial charge in [0.15, 0.2) is 5.96 Å². The van der Waals surface area contributed by atoms with Crippen LogP contribution in [0.2, 0.25) is 0 Å². The second kappa shape index (κ2) is 11.1. The van der Waals surface area contributed by atoms with Crippen molar-refractivity contribution in [2.45, 2.75) is 46.1 Å². The number of nitrogens with one attached hydrogen (secondary N) is 1. The lowest BCUT2D eigenvalue weighted by molar-refractivity contribution is 0.187. The first-order valence-corrected chi connectivity index (χ1v) is 9.74. The van der Waals surface area contributed by atoms with E-state index in [1.54, 1.807) is 0 Å². The number of hydrogen-bond acceptors (Lipinski definition) is 4. The second-order valence-electron chi connectivity index (χ2n) is 7.31. The molecule has 0 aliphatic carbocycles. The summed E-state index contributed by atoms with van der Waals surface area (Å²) < 4.78 is 7.61. The van der Waals surface area contributed by atoms with Crippen LogP contribution in [-0.2, 0) is 17.7 Å². The van der Waals surface area contributed by atoms with E-state index in [2.05, 4.69) is 38.8 Å². The van der Waals surface area contributed by atoms with E-state index >= 15 is 0 Å². The van der Waals surface area contributed by atoms with Gasteiger partial charge < -0.3 is 19.5 Å². The number of nitrogens with zero attached hydrogens (tertiary/aromatic N) is 5. The quantitative estimate of drug-likeness (QED) is 0.388. The third-order valence-electron chi connectivity index (χ3n) is 5.13. The molecule has 1 N–H and O–H groups in total. The summed E-state index contributed by atoms with van der Waals surface area (Å²) in [6.07, 6.45) is 6.43. The first kappa shape index (κ1) is 21.4. The molecule has 2 atom stereocenters. The van der Waals surface area contributed by atoms with Crippen LogP contribution in [-0.4, -0.2) is 65.0 Å². The zero-order valence-electron chi connectivity index (χ0n) is 16.1. The highest BCUT2D eigenvalue weighted by Crippen LogP contribution is 2.16. The summed E-state index contributed by atoms with van der Waals surface area (Å²) in [7, 11) is 0. The molecule has 0 bridgehead atoms. The van der Waals surface area contributed by atoms with Gasteiger partial charge in [-0.15, -0.1) is 34.2 Å². The van der Waals surface area contributed by atoms with Crippen LogP contribution in [0, 0.1) is 11.8 Å². The van der Waals surface area contributed by atoms with Crippen molar-refractivity contribution in [2.24, 2.45) is 16.8 Å². The minimum absolute atomic E-state index is 0. The van der Waals surface area contributed by atoms with Crippen molar-refractivity contribution in [3.8, 4) is 0 Å². The molecule has 0 aromatic carbocycles. The highest BCUT2D eigenvalue weighted by atomic mass is 127. The Morgan fingerprint density at radius 1 is 1.42 bits per heavy atom. The Labute approximate surface area is 174 Å². The Bertz CT molecular complexity index is 558. The van der Waals surface area contributed by atoms with Gasteiger partial charge in [-0.3, -0.25) is 4.99 Å². The Balaban J connectivity index is 0.00000243. The zero-order valence-corrected chi connectivity index (χ0v) is 18.4. The molecule has 0 amide bonds. The van der Waals surface area contributed by atoms with Crippen molar-refractivity contribution in [2.75, 3.05) is 39.4 Å². The lowest BCUT2D eigenvalue weighted by atomic mass is 10.0. The normalized spacial score (nSPS) is 23.8. The first-order valence-electron chi connectivity index (χ1n) is 9.74. The highest BCUT2D eigenvalue weighted by Gasteiger charge is 2.21. The minimum atomic E-state index is 0. The van der Waals surface area contributed by atoms with E-state index in [-0.39, 0.29) is 24.0 Å². The summed E-state index contributed by atoms with van der Waals surface area (Å²) in [5, 5.41) is 11.7. The lowest BCUT2D eigenvalue weighted by Gasteiger charge is -2.34. The van der Waals surface area contributed by atoms with E-state index in [0.717, 1.165) is 76.5 Å². The standard InChI is InChI=1S/C18H32N6O.HI/c1-3-17-22-21-14-24(17)9-7-19-18(20-11-16-6-10-25-13-16)23-8-4-5-15(2)12-23;/h14-16H,3-13H2,1-2H3,(H,19,20);1H. The van der Waals surface area contributed by atoms with Crippen molar-refractivity contribution in [3.63, 3.8) is 0 Å². The molecule has 1 aromatic heterocycles. The predicted octanol–water partition coefficient (Wildman–Crippen LogP) is 2.17. The van der Waals surface area contributed by atoms with E-state index < -0.39 is 0 Å². The van der Waals surface area contributed by atoms with E-state index in [0.29, 0.717) is 5.92 Å². The van der Waals surface area contributed by atoms with Crippen LogP contribution >= 0.6 is 24.0 Å². The van der Waals surface area contributed by atoms with Crippen LogP contribution in [0.3, 0.4) is 0 Å². The monoisotopic (exact) mass is 476 g/mol. The van der Waals surface area contributed by atoms with E-state index in [4.69, 9.17) is 9.73 Å². The summed E-state index contributed by atoms with van der Waals surface area (Å²) >= 11 is 0. The molecule has 3 heterocycles. The number of aliphatic imine (C=N–C) groups is 1. The van der Waals surface area contributed by atoms with Crippen molar-refractivity contribution in [1.29, 1.82) is 0 Å². The highest BCUT2D eigenvalue weighted by molar-refractivity contribution is 14.0. The van der Waals surface area contributed by atoms with Gasteiger partial charge in [-0.1, -0.05) is 13.8 Å². The van der Waals surface area contributed by atoms with Crippen LogP contribution < -0.4 is 5.32 Å². The van der Waals surface area contributed by atoms with E-state index in [1.807, 2.05) is 6.33 Å². The average molecular weight is 476 g/mol. The number of ether oxygens (including phenoxy) is 1. The maximum atomic E-state index is 5.49. The lowest BCUT2D eigenvalue weighted by Crippen LogP contribution is -2.47. The number of likely N-dealkylation sites (tertiary alicyclic amines) is 1. The molecule has 2 unspecified atom stereocenters. The van der Waals surface area contributed by atoms with Gasteiger partial charge in [-0.25, -0.2) is 0 Å². The van der Waals surface area contributed by atoms with Crippen LogP contribution in [0.25, 0.3) is 0 Å². The van der Waals surface area contributed by atoms with E-state index in [9.17, 15) is 0 Å².